The van der Waals surface area contributed by atoms with Gasteiger partial charge in [-0.3, -0.25) is 4.79 Å². The van der Waals surface area contributed by atoms with Gasteiger partial charge >= 0.3 is 0 Å². The molecule has 0 saturated carbocycles. The fourth-order valence-electron chi connectivity index (χ4n) is 2.23. The molecule has 1 saturated heterocycles. The number of carbonyl (C=O) groups excluding carboxylic acids is 1. The number of amides is 1. The first-order valence-electron chi connectivity index (χ1n) is 6.54. The summed E-state index contributed by atoms with van der Waals surface area (Å²) in [6.45, 7) is 4.22. The third kappa shape index (κ3) is 3.85. The third-order valence-corrected chi connectivity index (χ3v) is 3.99. The molecule has 1 aliphatic rings. The van der Waals surface area contributed by atoms with Crippen molar-refractivity contribution in [1.29, 1.82) is 0 Å². The molecule has 1 atom stereocenters. The minimum Gasteiger partial charge on any atom is -0.341 e. The minimum atomic E-state index is -0.190. The van der Waals surface area contributed by atoms with Crippen molar-refractivity contribution in [2.45, 2.75) is 32.4 Å². The second kappa shape index (κ2) is 6.60. The summed E-state index contributed by atoms with van der Waals surface area (Å²) in [4.78, 5) is 14.0. The van der Waals surface area contributed by atoms with Gasteiger partial charge in [0.25, 0.3) is 0 Å². The number of halogens is 2. The van der Waals surface area contributed by atoms with Crippen molar-refractivity contribution >= 4 is 29.1 Å². The van der Waals surface area contributed by atoms with Gasteiger partial charge < -0.3 is 10.2 Å². The Morgan fingerprint density at radius 3 is 2.68 bits per heavy atom. The molecule has 1 unspecified atom stereocenters. The van der Waals surface area contributed by atoms with Gasteiger partial charge in [0.1, 0.15) is 0 Å². The summed E-state index contributed by atoms with van der Waals surface area (Å²) in [6.07, 6.45) is 2.23. The van der Waals surface area contributed by atoms with Crippen molar-refractivity contribution in [3.05, 3.63) is 33.8 Å². The number of nitrogens with one attached hydrogen (secondary N) is 1. The fourth-order valence-corrected chi connectivity index (χ4v) is 2.70. The highest BCUT2D eigenvalue weighted by molar-refractivity contribution is 6.35. The van der Waals surface area contributed by atoms with E-state index in [1.54, 1.807) is 12.1 Å². The van der Waals surface area contributed by atoms with Crippen LogP contribution in [0.4, 0.5) is 0 Å². The Hall–Kier alpha value is -0.770. The standard InChI is InChI=1S/C14H18Cl2N2O/c1-10(14(19)18-6-2-3-7-18)17-9-11-4-5-12(15)8-13(11)16/h4-5,8,10,17H,2-3,6-7,9H2,1H3. The van der Waals surface area contributed by atoms with Gasteiger partial charge in [0, 0.05) is 29.7 Å². The lowest BCUT2D eigenvalue weighted by atomic mass is 10.2. The van der Waals surface area contributed by atoms with Crippen LogP contribution in [0.3, 0.4) is 0 Å². The van der Waals surface area contributed by atoms with Gasteiger partial charge in [-0.2, -0.15) is 0 Å². The summed E-state index contributed by atoms with van der Waals surface area (Å²) in [5, 5.41) is 4.46. The lowest BCUT2D eigenvalue weighted by Gasteiger charge is -2.21. The molecule has 0 bridgehead atoms. The molecule has 1 amide bonds. The Kier molecular flexibility index (Phi) is 5.08. The van der Waals surface area contributed by atoms with Crippen LogP contribution in [-0.2, 0) is 11.3 Å². The molecule has 1 N–H and O–H groups in total. The SMILES string of the molecule is CC(NCc1ccc(Cl)cc1Cl)C(=O)N1CCCC1. The first kappa shape index (κ1) is 14.6. The monoisotopic (exact) mass is 300 g/mol. The first-order chi connectivity index (χ1) is 9.08. The second-order valence-electron chi connectivity index (χ2n) is 4.87. The topological polar surface area (TPSA) is 32.3 Å². The lowest BCUT2D eigenvalue weighted by Crippen LogP contribution is -2.43. The highest BCUT2D eigenvalue weighted by Crippen LogP contribution is 2.21. The largest absolute Gasteiger partial charge is 0.341 e. The van der Waals surface area contributed by atoms with Gasteiger partial charge in [0.15, 0.2) is 0 Å². The van der Waals surface area contributed by atoms with Crippen molar-refractivity contribution in [3.8, 4) is 0 Å². The molecule has 1 heterocycles. The smallest absolute Gasteiger partial charge is 0.239 e. The van der Waals surface area contributed by atoms with E-state index in [1.165, 1.54) is 0 Å². The summed E-state index contributed by atoms with van der Waals surface area (Å²) in [5.74, 6) is 0.169. The van der Waals surface area contributed by atoms with E-state index >= 15 is 0 Å². The molecule has 1 aliphatic heterocycles. The summed E-state index contributed by atoms with van der Waals surface area (Å²) in [7, 11) is 0. The van der Waals surface area contributed by atoms with Gasteiger partial charge in [0.05, 0.1) is 6.04 Å². The Labute approximate surface area is 123 Å². The van der Waals surface area contributed by atoms with Crippen molar-refractivity contribution < 1.29 is 4.79 Å². The van der Waals surface area contributed by atoms with E-state index < -0.39 is 0 Å². The van der Waals surface area contributed by atoms with Gasteiger partial charge in [-0.05, 0) is 37.5 Å². The van der Waals surface area contributed by atoms with Gasteiger partial charge in [-0.1, -0.05) is 29.3 Å². The molecule has 2 rings (SSSR count). The molecule has 0 spiro atoms. The number of nitrogens with zero attached hydrogens (tertiary/aromatic N) is 1. The van der Waals surface area contributed by atoms with E-state index in [9.17, 15) is 4.79 Å². The highest BCUT2D eigenvalue weighted by atomic mass is 35.5. The maximum absolute atomic E-state index is 12.1. The molecule has 3 nitrogen and oxygen atoms in total. The summed E-state index contributed by atoms with van der Waals surface area (Å²) in [5.41, 5.74) is 0.951. The predicted octanol–water partition coefficient (Wildman–Crippen LogP) is 3.09. The van der Waals surface area contributed by atoms with E-state index in [-0.39, 0.29) is 11.9 Å². The normalized spacial score (nSPS) is 16.7. The average molecular weight is 301 g/mol. The lowest BCUT2D eigenvalue weighted by molar-refractivity contribution is -0.131. The molecule has 1 fully saturated rings. The Bertz CT molecular complexity index is 459. The fraction of sp³-hybridized carbons (Fsp3) is 0.500. The van der Waals surface area contributed by atoms with Crippen molar-refractivity contribution in [3.63, 3.8) is 0 Å². The van der Waals surface area contributed by atoms with E-state index in [1.807, 2.05) is 17.9 Å². The van der Waals surface area contributed by atoms with Gasteiger partial charge in [-0.15, -0.1) is 0 Å². The van der Waals surface area contributed by atoms with Gasteiger partial charge in [-0.25, -0.2) is 0 Å². The maximum Gasteiger partial charge on any atom is 0.239 e. The van der Waals surface area contributed by atoms with E-state index in [2.05, 4.69) is 5.32 Å². The highest BCUT2D eigenvalue weighted by Gasteiger charge is 2.22. The van der Waals surface area contributed by atoms with Crippen LogP contribution in [0.15, 0.2) is 18.2 Å². The van der Waals surface area contributed by atoms with Crippen LogP contribution < -0.4 is 5.32 Å². The molecule has 5 heteroatoms. The molecule has 0 aliphatic carbocycles. The van der Waals surface area contributed by atoms with Crippen molar-refractivity contribution in [1.82, 2.24) is 10.2 Å². The maximum atomic E-state index is 12.1. The minimum absolute atomic E-state index is 0.169. The van der Waals surface area contributed by atoms with Crippen molar-refractivity contribution in [2.75, 3.05) is 13.1 Å². The molecule has 1 aromatic carbocycles. The quantitative estimate of drug-likeness (QED) is 0.927. The summed E-state index contributed by atoms with van der Waals surface area (Å²) >= 11 is 12.0. The van der Waals surface area contributed by atoms with Crippen LogP contribution in [0, 0.1) is 0 Å². The van der Waals surface area contributed by atoms with Crippen molar-refractivity contribution in [2.24, 2.45) is 0 Å². The molecular weight excluding hydrogens is 283 g/mol. The van der Waals surface area contributed by atoms with E-state index in [0.717, 1.165) is 31.5 Å². The predicted molar refractivity (Wildman–Crippen MR) is 78.6 cm³/mol. The number of carbonyl (C=O) groups is 1. The van der Waals surface area contributed by atoms with Crippen LogP contribution in [0.25, 0.3) is 0 Å². The number of benzene rings is 1. The number of likely N-dealkylation sites (tertiary alicyclic amines) is 1. The zero-order valence-electron chi connectivity index (χ0n) is 11.0. The molecule has 19 heavy (non-hydrogen) atoms. The van der Waals surface area contributed by atoms with Crippen LogP contribution in [0.1, 0.15) is 25.3 Å². The number of rotatable bonds is 4. The van der Waals surface area contributed by atoms with E-state index in [0.29, 0.717) is 16.6 Å². The van der Waals surface area contributed by atoms with Crippen LogP contribution >= 0.6 is 23.2 Å². The second-order valence-corrected chi connectivity index (χ2v) is 5.71. The summed E-state index contributed by atoms with van der Waals surface area (Å²) < 4.78 is 0. The Balaban J connectivity index is 1.88. The number of hydrogen-bond donors (Lipinski definition) is 1. The third-order valence-electron chi connectivity index (χ3n) is 3.40. The van der Waals surface area contributed by atoms with E-state index in [4.69, 9.17) is 23.2 Å². The molecule has 1 aromatic rings. The van der Waals surface area contributed by atoms with Crippen LogP contribution in [0.5, 0.6) is 0 Å². The molecule has 0 aromatic heterocycles. The Morgan fingerprint density at radius 2 is 2.05 bits per heavy atom. The van der Waals surface area contributed by atoms with Gasteiger partial charge in [0.2, 0.25) is 5.91 Å². The summed E-state index contributed by atoms with van der Waals surface area (Å²) in [6, 6.07) is 5.21. The number of hydrogen-bond acceptors (Lipinski definition) is 2. The average Bonchev–Trinajstić information content (AvgIpc) is 2.90. The zero-order chi connectivity index (χ0) is 13.8. The molecule has 0 radical (unpaired) electrons. The molecule has 104 valence electrons. The zero-order valence-corrected chi connectivity index (χ0v) is 12.5. The Morgan fingerprint density at radius 1 is 1.37 bits per heavy atom. The van der Waals surface area contributed by atoms with Crippen LogP contribution in [-0.4, -0.2) is 29.9 Å². The molecular formula is C14H18Cl2N2O. The first-order valence-corrected chi connectivity index (χ1v) is 7.29. The van der Waals surface area contributed by atoms with Crippen LogP contribution in [0.2, 0.25) is 10.0 Å².